The predicted octanol–water partition coefficient (Wildman–Crippen LogP) is 4.18. The number of allylic oxidation sites excluding steroid dienone is 1. The molecule has 0 radical (unpaired) electrons. The summed E-state index contributed by atoms with van der Waals surface area (Å²) < 4.78 is 19.5. The lowest BCUT2D eigenvalue weighted by molar-refractivity contribution is -0.137. The molecule has 0 bridgehead atoms. The zero-order chi connectivity index (χ0) is 36.7. The van der Waals surface area contributed by atoms with Crippen LogP contribution in [0.4, 0.5) is 5.69 Å². The Balaban J connectivity index is 1.42. The lowest BCUT2D eigenvalue weighted by atomic mass is 9.86. The van der Waals surface area contributed by atoms with Crippen LogP contribution in [0.15, 0.2) is 48.1 Å². The van der Waals surface area contributed by atoms with Gasteiger partial charge in [-0.15, -0.1) is 0 Å². The highest BCUT2D eigenvalue weighted by atomic mass is 31.2. The fourth-order valence-electron chi connectivity index (χ4n) is 5.35. The third kappa shape index (κ3) is 13.6. The fourth-order valence-corrected chi connectivity index (χ4v) is 7.09. The van der Waals surface area contributed by atoms with Gasteiger partial charge in [0.1, 0.15) is 12.1 Å². The number of carbonyl (C=O) groups excluding carboxylic acids is 5. The van der Waals surface area contributed by atoms with Gasteiger partial charge in [-0.25, -0.2) is 5.09 Å². The molecule has 1 heterocycles. The van der Waals surface area contributed by atoms with Gasteiger partial charge in [-0.1, -0.05) is 50.5 Å². The first-order valence-electron chi connectivity index (χ1n) is 17.6. The molecule has 5 amide bonds. The van der Waals surface area contributed by atoms with E-state index in [2.05, 4.69) is 21.0 Å². The molecule has 50 heavy (non-hydrogen) atoms. The van der Waals surface area contributed by atoms with Crippen LogP contribution in [-0.2, 0) is 39.7 Å². The van der Waals surface area contributed by atoms with E-state index >= 15 is 0 Å². The molecule has 1 aromatic rings. The summed E-state index contributed by atoms with van der Waals surface area (Å²) in [5.41, 5.74) is 2.11. The number of hydrogen-bond donors (Lipinski definition) is 5. The van der Waals surface area contributed by atoms with Gasteiger partial charge < -0.3 is 25.6 Å². The van der Waals surface area contributed by atoms with E-state index in [4.69, 9.17) is 4.52 Å². The number of nitrogens with one attached hydrogen (secondary N) is 4. The van der Waals surface area contributed by atoms with E-state index < -0.39 is 31.4 Å². The van der Waals surface area contributed by atoms with Crippen molar-refractivity contribution in [2.45, 2.75) is 97.8 Å². The molecule has 1 aliphatic carbocycles. The highest BCUT2D eigenvalue weighted by Gasteiger charge is 2.28. The SMILES string of the molecule is C/C(=C\CCP(=O)(NCC1CCC1)OCc1ccc(NC(=O)[C@H](C)NC(=O)[C@@H](NC(=O)CCCCCN2C(=O)C=CC2=O)C(C)C)cc1)CO. The summed E-state index contributed by atoms with van der Waals surface area (Å²) in [5, 5.41) is 20.7. The molecule has 1 saturated carbocycles. The van der Waals surface area contributed by atoms with Crippen molar-refractivity contribution in [2.75, 3.05) is 31.2 Å². The zero-order valence-electron chi connectivity index (χ0n) is 29.7. The van der Waals surface area contributed by atoms with Gasteiger partial charge in [-0.05, 0) is 75.5 Å². The quantitative estimate of drug-likeness (QED) is 0.0509. The van der Waals surface area contributed by atoms with Crippen molar-refractivity contribution in [3.05, 3.63) is 53.6 Å². The summed E-state index contributed by atoms with van der Waals surface area (Å²) in [6.45, 7) is 8.02. The van der Waals surface area contributed by atoms with E-state index in [-0.39, 0.29) is 43.3 Å². The van der Waals surface area contributed by atoms with Crippen LogP contribution in [0.3, 0.4) is 0 Å². The van der Waals surface area contributed by atoms with E-state index in [0.29, 0.717) is 56.5 Å². The number of amides is 5. The third-order valence-corrected chi connectivity index (χ3v) is 10.9. The van der Waals surface area contributed by atoms with Gasteiger partial charge in [-0.2, -0.15) is 0 Å². The molecule has 2 aliphatic rings. The van der Waals surface area contributed by atoms with Crippen molar-refractivity contribution in [3.63, 3.8) is 0 Å². The van der Waals surface area contributed by atoms with E-state index in [1.54, 1.807) is 45.0 Å². The Morgan fingerprint density at radius 2 is 1.68 bits per heavy atom. The number of rotatable bonds is 22. The Bertz CT molecular complexity index is 1420. The highest BCUT2D eigenvalue weighted by Crippen LogP contribution is 2.45. The van der Waals surface area contributed by atoms with Crippen molar-refractivity contribution >= 4 is 42.7 Å². The molecular formula is C36H54N5O8P. The standard InChI is InChI=1S/C36H54N5O8P/c1-25(2)34(40-31(43)13-6-5-7-20-41-32(44)18-19-33(41)45)36(47)38-27(4)35(46)39-30-16-14-29(15-17-30)24-49-50(48,21-9-10-26(3)23-42)37-22-28-11-8-12-28/h10,14-19,25,27-28,34,42H,5-9,11-13,20-24H2,1-4H3,(H,37,48)(H,38,47)(H,39,46)(H,40,43)/b26-10+/t27-,34-,50?/m0/s1. The molecule has 3 atom stereocenters. The van der Waals surface area contributed by atoms with Crippen LogP contribution >= 0.6 is 7.52 Å². The van der Waals surface area contributed by atoms with Gasteiger partial charge in [0.2, 0.25) is 17.7 Å². The van der Waals surface area contributed by atoms with E-state index in [1.165, 1.54) is 23.5 Å². The maximum atomic E-state index is 13.6. The Morgan fingerprint density at radius 3 is 2.28 bits per heavy atom. The first-order chi connectivity index (χ1) is 23.8. The van der Waals surface area contributed by atoms with Crippen LogP contribution in [0, 0.1) is 11.8 Å². The monoisotopic (exact) mass is 715 g/mol. The highest BCUT2D eigenvalue weighted by molar-refractivity contribution is 7.56. The average Bonchev–Trinajstić information content (AvgIpc) is 3.38. The second-order valence-corrected chi connectivity index (χ2v) is 15.9. The van der Waals surface area contributed by atoms with Crippen molar-refractivity contribution in [2.24, 2.45) is 11.8 Å². The summed E-state index contributed by atoms with van der Waals surface area (Å²) in [5.74, 6) is -1.57. The molecule has 1 fully saturated rings. The normalized spacial score (nSPS) is 17.3. The molecule has 0 saturated heterocycles. The second kappa shape index (κ2) is 20.3. The number of aliphatic hydroxyl groups excluding tert-OH is 1. The number of aliphatic hydroxyl groups is 1. The number of unbranched alkanes of at least 4 members (excludes halogenated alkanes) is 2. The third-order valence-electron chi connectivity index (χ3n) is 8.88. The maximum Gasteiger partial charge on any atom is 0.270 e. The van der Waals surface area contributed by atoms with Gasteiger partial charge in [0.05, 0.1) is 13.2 Å². The molecule has 0 spiro atoms. The largest absolute Gasteiger partial charge is 0.392 e. The second-order valence-electron chi connectivity index (χ2n) is 13.5. The Labute approximate surface area is 295 Å². The molecule has 14 heteroatoms. The van der Waals surface area contributed by atoms with Crippen molar-refractivity contribution in [1.82, 2.24) is 20.6 Å². The topological polar surface area (TPSA) is 183 Å². The molecule has 3 rings (SSSR count). The maximum absolute atomic E-state index is 13.6. The number of hydrogen-bond acceptors (Lipinski definition) is 8. The molecule has 0 aromatic heterocycles. The van der Waals surface area contributed by atoms with Crippen LogP contribution in [-0.4, -0.2) is 77.5 Å². The molecular weight excluding hydrogens is 661 g/mol. The summed E-state index contributed by atoms with van der Waals surface area (Å²) in [7, 11) is -3.12. The van der Waals surface area contributed by atoms with Crippen molar-refractivity contribution in [3.8, 4) is 0 Å². The minimum absolute atomic E-state index is 0.0389. The number of carbonyl (C=O) groups is 5. The number of benzene rings is 1. The lowest BCUT2D eigenvalue weighted by Gasteiger charge is -2.28. The molecule has 1 aromatic carbocycles. The van der Waals surface area contributed by atoms with Crippen molar-refractivity contribution < 1.29 is 38.2 Å². The lowest BCUT2D eigenvalue weighted by Crippen LogP contribution is -2.53. The minimum atomic E-state index is -3.12. The number of anilines is 1. The van der Waals surface area contributed by atoms with Gasteiger partial charge in [0.15, 0.2) is 0 Å². The number of nitrogens with zero attached hydrogens (tertiary/aromatic N) is 1. The van der Waals surface area contributed by atoms with E-state index in [1.807, 2.05) is 13.0 Å². The Kier molecular flexibility index (Phi) is 16.5. The van der Waals surface area contributed by atoms with Crippen LogP contribution < -0.4 is 21.0 Å². The Morgan fingerprint density at radius 1 is 1.00 bits per heavy atom. The molecule has 1 aliphatic heterocycles. The summed E-state index contributed by atoms with van der Waals surface area (Å²) in [6.07, 6.45) is 10.6. The van der Waals surface area contributed by atoms with Crippen LogP contribution in [0.5, 0.6) is 0 Å². The van der Waals surface area contributed by atoms with E-state index in [0.717, 1.165) is 24.0 Å². The van der Waals surface area contributed by atoms with Crippen LogP contribution in [0.1, 0.15) is 84.6 Å². The zero-order valence-corrected chi connectivity index (χ0v) is 30.6. The van der Waals surface area contributed by atoms with Gasteiger partial charge >= 0.3 is 0 Å². The van der Waals surface area contributed by atoms with Gasteiger partial charge in [0.25, 0.3) is 19.3 Å². The minimum Gasteiger partial charge on any atom is -0.392 e. The fraction of sp³-hybridized carbons (Fsp3) is 0.583. The molecule has 13 nitrogen and oxygen atoms in total. The molecule has 276 valence electrons. The van der Waals surface area contributed by atoms with Gasteiger partial charge in [0, 0.05) is 43.5 Å². The molecule has 1 unspecified atom stereocenters. The summed E-state index contributed by atoms with van der Waals surface area (Å²) in [4.78, 5) is 63.0. The predicted molar refractivity (Wildman–Crippen MR) is 192 cm³/mol. The Hall–Kier alpha value is -3.64. The number of imide groups is 1. The summed E-state index contributed by atoms with van der Waals surface area (Å²) in [6, 6.07) is 5.25. The smallest absolute Gasteiger partial charge is 0.270 e. The summed E-state index contributed by atoms with van der Waals surface area (Å²) >= 11 is 0. The first kappa shape index (κ1) is 40.8. The van der Waals surface area contributed by atoms with Gasteiger partial charge in [-0.3, -0.25) is 33.4 Å². The van der Waals surface area contributed by atoms with Crippen LogP contribution in [0.25, 0.3) is 0 Å². The van der Waals surface area contributed by atoms with E-state index in [9.17, 15) is 33.6 Å². The van der Waals surface area contributed by atoms with Crippen LogP contribution in [0.2, 0.25) is 0 Å². The average molecular weight is 716 g/mol. The first-order valence-corrected chi connectivity index (χ1v) is 19.4. The molecule has 5 N–H and O–H groups in total. The van der Waals surface area contributed by atoms with Crippen molar-refractivity contribution in [1.29, 1.82) is 0 Å².